The molecule has 0 bridgehead atoms. The third kappa shape index (κ3) is 4.19. The summed E-state index contributed by atoms with van der Waals surface area (Å²) in [4.78, 5) is 26.8. The molecule has 3 heterocycles. The first-order valence-corrected chi connectivity index (χ1v) is 10.9. The molecule has 11 heteroatoms. The van der Waals surface area contributed by atoms with Gasteiger partial charge in [0.2, 0.25) is 5.16 Å². The predicted octanol–water partition coefficient (Wildman–Crippen LogP) is 3.24. The Bertz CT molecular complexity index is 1380. The summed E-state index contributed by atoms with van der Waals surface area (Å²) in [5, 5.41) is 15.4. The molecule has 9 nitrogen and oxygen atoms in total. The molecule has 1 saturated heterocycles. The molecule has 1 aliphatic heterocycles. The van der Waals surface area contributed by atoms with Crippen LogP contribution in [0.5, 0.6) is 0 Å². The lowest BCUT2D eigenvalue weighted by molar-refractivity contribution is -0.122. The molecule has 5 rings (SSSR count). The molecule has 162 valence electrons. The molecule has 1 fully saturated rings. The average molecular weight is 475 g/mol. The number of nitrogens with zero attached hydrogens (tertiary/aromatic N) is 5. The Balaban J connectivity index is 1.40. The Morgan fingerprint density at radius 3 is 2.36 bits per heavy atom. The first-order valence-electron chi connectivity index (χ1n) is 9.68. The van der Waals surface area contributed by atoms with E-state index in [-0.39, 0.29) is 10.7 Å². The van der Waals surface area contributed by atoms with Crippen LogP contribution in [0.15, 0.2) is 93.0 Å². The van der Waals surface area contributed by atoms with Crippen LogP contribution in [0.1, 0.15) is 5.76 Å². The largest absolute Gasteiger partial charge is 0.450 e. The second kappa shape index (κ2) is 8.81. The van der Waals surface area contributed by atoms with Crippen molar-refractivity contribution in [2.45, 2.75) is 10.2 Å². The second-order valence-corrected chi connectivity index (χ2v) is 8.12. The predicted molar refractivity (Wildman–Crippen MR) is 125 cm³/mol. The van der Waals surface area contributed by atoms with Crippen LogP contribution in [0.4, 0.5) is 5.69 Å². The van der Waals surface area contributed by atoms with Gasteiger partial charge in [0.05, 0.1) is 11.4 Å². The van der Waals surface area contributed by atoms with E-state index >= 15 is 0 Å². The molecule has 0 atom stereocenters. The monoisotopic (exact) mass is 474 g/mol. The van der Waals surface area contributed by atoms with Gasteiger partial charge in [0, 0.05) is 0 Å². The smallest absolute Gasteiger partial charge is 0.270 e. The number of nitrogens with one attached hydrogen (secondary N) is 1. The Kier molecular flexibility index (Phi) is 5.55. The van der Waals surface area contributed by atoms with E-state index in [1.165, 1.54) is 22.7 Å². The van der Waals surface area contributed by atoms with Gasteiger partial charge < -0.3 is 4.42 Å². The summed E-state index contributed by atoms with van der Waals surface area (Å²) in [7, 11) is 0. The minimum Gasteiger partial charge on any atom is -0.450 e. The lowest BCUT2D eigenvalue weighted by atomic mass is 10.1. The standard InChI is InChI=1S/C22H14N6O3S2/c29-19-17(20(30)27(21(32)23-19)14-7-3-1-4-8-14)13-16-11-12-18(31-16)33-22-24-25-26-28(22)15-9-5-2-6-10-15/h1-13H,(H,23,29,32)/b17-13+. The summed E-state index contributed by atoms with van der Waals surface area (Å²) in [6.07, 6.45) is 1.39. The molecule has 4 aromatic rings. The maximum Gasteiger partial charge on any atom is 0.270 e. The fourth-order valence-electron chi connectivity index (χ4n) is 3.14. The van der Waals surface area contributed by atoms with Gasteiger partial charge >= 0.3 is 0 Å². The Morgan fingerprint density at radius 1 is 0.939 bits per heavy atom. The molecule has 2 amide bonds. The van der Waals surface area contributed by atoms with Crippen LogP contribution in [0, 0.1) is 0 Å². The van der Waals surface area contributed by atoms with Gasteiger partial charge in [0.25, 0.3) is 11.8 Å². The van der Waals surface area contributed by atoms with Crippen LogP contribution in [-0.2, 0) is 9.59 Å². The van der Waals surface area contributed by atoms with Gasteiger partial charge in [-0.3, -0.25) is 19.8 Å². The van der Waals surface area contributed by atoms with Crippen LogP contribution in [-0.4, -0.2) is 37.1 Å². The topological polar surface area (TPSA) is 106 Å². The van der Waals surface area contributed by atoms with Crippen LogP contribution in [0.25, 0.3) is 11.8 Å². The van der Waals surface area contributed by atoms with Crippen LogP contribution in [0.3, 0.4) is 0 Å². The molecule has 0 unspecified atom stereocenters. The van der Waals surface area contributed by atoms with Gasteiger partial charge in [0.1, 0.15) is 11.3 Å². The fourth-order valence-corrected chi connectivity index (χ4v) is 4.18. The van der Waals surface area contributed by atoms with Crippen molar-refractivity contribution in [3.63, 3.8) is 0 Å². The van der Waals surface area contributed by atoms with Crippen molar-refractivity contribution in [2.75, 3.05) is 4.90 Å². The van der Waals surface area contributed by atoms with E-state index in [4.69, 9.17) is 16.6 Å². The lowest BCUT2D eigenvalue weighted by Gasteiger charge is -2.28. The normalized spacial score (nSPS) is 15.2. The molecule has 2 aromatic heterocycles. The highest BCUT2D eigenvalue weighted by molar-refractivity contribution is 7.99. The molecule has 33 heavy (non-hydrogen) atoms. The number of para-hydroxylation sites is 2. The minimum absolute atomic E-state index is 0.0248. The van der Waals surface area contributed by atoms with E-state index in [1.54, 1.807) is 41.1 Å². The molecular weight excluding hydrogens is 460 g/mol. The fraction of sp³-hybridized carbons (Fsp3) is 0. The molecule has 0 saturated carbocycles. The number of carbonyl (C=O) groups is 2. The molecule has 0 spiro atoms. The first-order chi connectivity index (χ1) is 16.1. The van der Waals surface area contributed by atoms with E-state index in [1.807, 2.05) is 36.4 Å². The van der Waals surface area contributed by atoms with Gasteiger partial charge in [-0.15, -0.1) is 5.10 Å². The number of hydrogen-bond acceptors (Lipinski definition) is 8. The van der Waals surface area contributed by atoms with E-state index < -0.39 is 11.8 Å². The van der Waals surface area contributed by atoms with Crippen molar-refractivity contribution in [2.24, 2.45) is 0 Å². The van der Waals surface area contributed by atoms with E-state index in [9.17, 15) is 9.59 Å². The first kappa shape index (κ1) is 20.8. The quantitative estimate of drug-likeness (QED) is 0.267. The van der Waals surface area contributed by atoms with Crippen LogP contribution in [0.2, 0.25) is 0 Å². The lowest BCUT2D eigenvalue weighted by Crippen LogP contribution is -2.54. The highest BCUT2D eigenvalue weighted by atomic mass is 32.2. The number of amides is 2. The van der Waals surface area contributed by atoms with Crippen molar-refractivity contribution in [3.05, 3.63) is 84.1 Å². The number of benzene rings is 2. The second-order valence-electron chi connectivity index (χ2n) is 6.76. The minimum atomic E-state index is -0.587. The third-order valence-electron chi connectivity index (χ3n) is 4.64. The van der Waals surface area contributed by atoms with Gasteiger partial charge in [-0.05, 0) is 76.9 Å². The van der Waals surface area contributed by atoms with Gasteiger partial charge in [-0.1, -0.05) is 36.4 Å². The number of carbonyl (C=O) groups excluding carboxylic acids is 2. The highest BCUT2D eigenvalue weighted by Gasteiger charge is 2.34. The van der Waals surface area contributed by atoms with Crippen LogP contribution >= 0.6 is 24.0 Å². The molecular formula is C22H14N6O3S2. The van der Waals surface area contributed by atoms with E-state index in [0.29, 0.717) is 21.7 Å². The van der Waals surface area contributed by atoms with Gasteiger partial charge in [-0.25, -0.2) is 0 Å². The number of hydrogen-bond donors (Lipinski definition) is 1. The number of tetrazole rings is 1. The molecule has 1 N–H and O–H groups in total. The summed E-state index contributed by atoms with van der Waals surface area (Å²) < 4.78 is 7.39. The maximum absolute atomic E-state index is 13.0. The number of furan rings is 1. The van der Waals surface area contributed by atoms with E-state index in [0.717, 1.165) is 5.69 Å². The van der Waals surface area contributed by atoms with Crippen molar-refractivity contribution in [1.29, 1.82) is 0 Å². The molecule has 0 aliphatic carbocycles. The molecule has 1 aliphatic rings. The number of anilines is 1. The van der Waals surface area contributed by atoms with Crippen molar-refractivity contribution in [1.82, 2.24) is 25.5 Å². The summed E-state index contributed by atoms with van der Waals surface area (Å²) in [6, 6.07) is 21.7. The molecule has 0 radical (unpaired) electrons. The van der Waals surface area contributed by atoms with Crippen molar-refractivity contribution in [3.8, 4) is 5.69 Å². The summed E-state index contributed by atoms with van der Waals surface area (Å²) in [5.74, 6) is -0.792. The number of aromatic nitrogens is 4. The number of rotatable bonds is 5. The zero-order valence-corrected chi connectivity index (χ0v) is 18.4. The van der Waals surface area contributed by atoms with Crippen molar-refractivity contribution < 1.29 is 14.0 Å². The Labute approximate surface area is 197 Å². The molecule has 2 aromatic carbocycles. The van der Waals surface area contributed by atoms with Gasteiger partial charge in [-0.2, -0.15) is 4.68 Å². The Hall–Kier alpha value is -4.09. The SMILES string of the molecule is O=C1NC(=S)N(c2ccccc2)C(=O)/C1=C/c1ccc(Sc2nnnn2-c2ccccc2)o1. The zero-order valence-electron chi connectivity index (χ0n) is 16.8. The summed E-state index contributed by atoms with van der Waals surface area (Å²) in [5.41, 5.74) is 1.27. The highest BCUT2D eigenvalue weighted by Crippen LogP contribution is 2.30. The summed E-state index contributed by atoms with van der Waals surface area (Å²) >= 11 is 6.41. The average Bonchev–Trinajstić information content (AvgIpc) is 3.47. The summed E-state index contributed by atoms with van der Waals surface area (Å²) in [6.45, 7) is 0. The maximum atomic E-state index is 13.0. The third-order valence-corrected chi connectivity index (χ3v) is 5.78. The van der Waals surface area contributed by atoms with Gasteiger partial charge in [0.15, 0.2) is 10.2 Å². The Morgan fingerprint density at radius 2 is 1.64 bits per heavy atom. The zero-order chi connectivity index (χ0) is 22.8. The van der Waals surface area contributed by atoms with Crippen molar-refractivity contribution >= 4 is 52.7 Å². The van der Waals surface area contributed by atoms with E-state index in [2.05, 4.69) is 20.8 Å². The van der Waals surface area contributed by atoms with Crippen LogP contribution < -0.4 is 10.2 Å². The number of thiocarbonyl (C=S) groups is 1.